The number of hydrogen-bond donors (Lipinski definition) is 1. The van der Waals surface area contributed by atoms with Gasteiger partial charge in [0.05, 0.1) is 5.52 Å². The molecule has 1 aliphatic heterocycles. The van der Waals surface area contributed by atoms with Gasteiger partial charge < -0.3 is 5.32 Å². The molecule has 100 valence electrons. The smallest absolute Gasteiger partial charge is 0.138 e. The maximum atomic E-state index is 6.36. The van der Waals surface area contributed by atoms with E-state index in [4.69, 9.17) is 11.6 Å². The van der Waals surface area contributed by atoms with Gasteiger partial charge in [-0.25, -0.2) is 4.98 Å². The SMILES string of the molecule is Clc1nc2cc3c(cc2cc1-c1cccs1)CCNC3. The number of nitrogens with one attached hydrogen (secondary N) is 1. The minimum Gasteiger partial charge on any atom is -0.312 e. The van der Waals surface area contributed by atoms with Gasteiger partial charge in [-0.3, -0.25) is 0 Å². The first-order valence-corrected chi connectivity index (χ1v) is 7.94. The second-order valence-corrected chi connectivity index (χ2v) is 6.35. The summed E-state index contributed by atoms with van der Waals surface area (Å²) in [6.45, 7) is 1.98. The molecule has 1 aliphatic rings. The van der Waals surface area contributed by atoms with Crippen molar-refractivity contribution >= 4 is 33.8 Å². The van der Waals surface area contributed by atoms with Crippen molar-refractivity contribution in [2.24, 2.45) is 0 Å². The molecule has 4 rings (SSSR count). The summed E-state index contributed by atoms with van der Waals surface area (Å²) in [4.78, 5) is 5.75. The molecule has 0 fully saturated rings. The summed E-state index contributed by atoms with van der Waals surface area (Å²) in [5, 5.41) is 7.22. The normalized spacial score (nSPS) is 14.4. The number of aromatic nitrogens is 1. The summed E-state index contributed by atoms with van der Waals surface area (Å²) < 4.78 is 0. The fourth-order valence-corrected chi connectivity index (χ4v) is 3.78. The van der Waals surface area contributed by atoms with Crippen LogP contribution in [0.5, 0.6) is 0 Å². The molecule has 0 radical (unpaired) electrons. The molecule has 0 bridgehead atoms. The van der Waals surface area contributed by atoms with Crippen LogP contribution >= 0.6 is 22.9 Å². The molecule has 0 aliphatic carbocycles. The Morgan fingerprint density at radius 2 is 2.15 bits per heavy atom. The molecule has 0 saturated carbocycles. The summed E-state index contributed by atoms with van der Waals surface area (Å²) >= 11 is 8.05. The Bertz CT molecular complexity index is 781. The topological polar surface area (TPSA) is 24.9 Å². The van der Waals surface area contributed by atoms with Crippen LogP contribution in [0.3, 0.4) is 0 Å². The van der Waals surface area contributed by atoms with E-state index >= 15 is 0 Å². The van der Waals surface area contributed by atoms with E-state index in [-0.39, 0.29) is 0 Å². The number of halogens is 1. The lowest BCUT2D eigenvalue weighted by Gasteiger charge is -2.18. The third-order valence-corrected chi connectivity index (χ3v) is 4.95. The van der Waals surface area contributed by atoms with Crippen LogP contribution in [-0.2, 0) is 13.0 Å². The van der Waals surface area contributed by atoms with E-state index < -0.39 is 0 Å². The van der Waals surface area contributed by atoms with Crippen molar-refractivity contribution in [3.05, 3.63) is 52.0 Å². The lowest BCUT2D eigenvalue weighted by atomic mass is 9.98. The highest BCUT2D eigenvalue weighted by Gasteiger charge is 2.13. The molecule has 20 heavy (non-hydrogen) atoms. The highest BCUT2D eigenvalue weighted by Crippen LogP contribution is 2.33. The number of hydrogen-bond acceptors (Lipinski definition) is 3. The molecule has 1 aromatic carbocycles. The van der Waals surface area contributed by atoms with Crippen molar-refractivity contribution in [3.63, 3.8) is 0 Å². The van der Waals surface area contributed by atoms with Gasteiger partial charge in [0, 0.05) is 22.4 Å². The maximum Gasteiger partial charge on any atom is 0.138 e. The highest BCUT2D eigenvalue weighted by molar-refractivity contribution is 7.13. The Labute approximate surface area is 126 Å². The van der Waals surface area contributed by atoms with Gasteiger partial charge in [-0.15, -0.1) is 11.3 Å². The standard InChI is InChI=1S/C16H13ClN2S/c17-16-13(15-2-1-5-20-15)7-11-6-10-3-4-18-9-12(10)8-14(11)19-16/h1-2,5-8,18H,3-4,9H2. The zero-order valence-electron chi connectivity index (χ0n) is 10.8. The number of rotatable bonds is 1. The van der Waals surface area contributed by atoms with Crippen LogP contribution in [0.4, 0.5) is 0 Å². The van der Waals surface area contributed by atoms with Crippen molar-refractivity contribution in [1.82, 2.24) is 10.3 Å². The Hall–Kier alpha value is -1.42. The van der Waals surface area contributed by atoms with Gasteiger partial charge in [0.25, 0.3) is 0 Å². The van der Waals surface area contributed by atoms with Gasteiger partial charge in [-0.05, 0) is 53.7 Å². The molecule has 0 unspecified atom stereocenters. The number of nitrogens with zero attached hydrogens (tertiary/aromatic N) is 1. The Balaban J connectivity index is 1.94. The average Bonchev–Trinajstić information content (AvgIpc) is 2.98. The molecule has 0 atom stereocenters. The van der Waals surface area contributed by atoms with E-state index in [0.717, 1.165) is 30.6 Å². The molecule has 2 nitrogen and oxygen atoms in total. The van der Waals surface area contributed by atoms with Gasteiger partial charge in [-0.2, -0.15) is 0 Å². The molecule has 0 spiro atoms. The van der Waals surface area contributed by atoms with Gasteiger partial charge >= 0.3 is 0 Å². The van der Waals surface area contributed by atoms with Crippen LogP contribution in [0.25, 0.3) is 21.3 Å². The first kappa shape index (κ1) is 12.3. The first-order valence-electron chi connectivity index (χ1n) is 6.68. The Morgan fingerprint density at radius 3 is 3.00 bits per heavy atom. The lowest BCUT2D eigenvalue weighted by Crippen LogP contribution is -2.23. The van der Waals surface area contributed by atoms with Crippen molar-refractivity contribution in [2.75, 3.05) is 6.54 Å². The second kappa shape index (κ2) is 4.85. The van der Waals surface area contributed by atoms with Crippen LogP contribution in [0.15, 0.2) is 35.7 Å². The quantitative estimate of drug-likeness (QED) is 0.679. The lowest BCUT2D eigenvalue weighted by molar-refractivity contribution is 0.645. The summed E-state index contributed by atoms with van der Waals surface area (Å²) in [5.74, 6) is 0. The number of fused-ring (bicyclic) bond motifs is 2. The molecule has 0 amide bonds. The third kappa shape index (κ3) is 2.03. The van der Waals surface area contributed by atoms with E-state index in [1.807, 2.05) is 6.07 Å². The zero-order chi connectivity index (χ0) is 13.5. The summed E-state index contributed by atoms with van der Waals surface area (Å²) in [6.07, 6.45) is 1.09. The van der Waals surface area contributed by atoms with E-state index in [0.29, 0.717) is 5.15 Å². The third-order valence-electron chi connectivity index (χ3n) is 3.76. The summed E-state index contributed by atoms with van der Waals surface area (Å²) in [7, 11) is 0. The Morgan fingerprint density at radius 1 is 1.20 bits per heavy atom. The van der Waals surface area contributed by atoms with Crippen molar-refractivity contribution in [1.29, 1.82) is 0 Å². The molecule has 1 N–H and O–H groups in total. The molecule has 0 saturated heterocycles. The highest BCUT2D eigenvalue weighted by atomic mass is 35.5. The molecule has 3 aromatic rings. The van der Waals surface area contributed by atoms with E-state index in [9.17, 15) is 0 Å². The Kier molecular flexibility index (Phi) is 2.99. The zero-order valence-corrected chi connectivity index (χ0v) is 12.4. The van der Waals surface area contributed by atoms with Crippen LogP contribution < -0.4 is 5.32 Å². The van der Waals surface area contributed by atoms with Crippen molar-refractivity contribution in [3.8, 4) is 10.4 Å². The molecular weight excluding hydrogens is 288 g/mol. The monoisotopic (exact) mass is 300 g/mol. The van der Waals surface area contributed by atoms with Crippen LogP contribution in [-0.4, -0.2) is 11.5 Å². The summed E-state index contributed by atoms with van der Waals surface area (Å²) in [6, 6.07) is 10.7. The first-order chi connectivity index (χ1) is 9.81. The second-order valence-electron chi connectivity index (χ2n) is 5.04. The van der Waals surface area contributed by atoms with Crippen molar-refractivity contribution < 1.29 is 0 Å². The minimum absolute atomic E-state index is 0.587. The van der Waals surface area contributed by atoms with E-state index in [2.05, 4.69) is 39.9 Å². The fraction of sp³-hybridized carbons (Fsp3) is 0.188. The van der Waals surface area contributed by atoms with Gasteiger partial charge in [0.2, 0.25) is 0 Å². The molecule has 4 heteroatoms. The van der Waals surface area contributed by atoms with Gasteiger partial charge in [0.15, 0.2) is 0 Å². The molecular formula is C16H13ClN2S. The van der Waals surface area contributed by atoms with E-state index in [1.165, 1.54) is 21.4 Å². The van der Waals surface area contributed by atoms with Crippen LogP contribution in [0, 0.1) is 0 Å². The maximum absolute atomic E-state index is 6.36. The average molecular weight is 301 g/mol. The molecule has 2 aromatic heterocycles. The summed E-state index contributed by atoms with van der Waals surface area (Å²) in [5.41, 5.74) is 4.79. The number of pyridine rings is 1. The number of benzene rings is 1. The minimum atomic E-state index is 0.587. The van der Waals surface area contributed by atoms with Gasteiger partial charge in [0.1, 0.15) is 5.15 Å². The predicted octanol–water partition coefficient (Wildman–Crippen LogP) is 4.26. The largest absolute Gasteiger partial charge is 0.312 e. The van der Waals surface area contributed by atoms with Gasteiger partial charge in [-0.1, -0.05) is 17.7 Å². The van der Waals surface area contributed by atoms with Crippen LogP contribution in [0.1, 0.15) is 11.1 Å². The predicted molar refractivity (Wildman–Crippen MR) is 85.5 cm³/mol. The van der Waals surface area contributed by atoms with E-state index in [1.54, 1.807) is 11.3 Å². The molecule has 3 heterocycles. The van der Waals surface area contributed by atoms with Crippen molar-refractivity contribution in [2.45, 2.75) is 13.0 Å². The van der Waals surface area contributed by atoms with Crippen LogP contribution in [0.2, 0.25) is 5.15 Å². The fourth-order valence-electron chi connectivity index (χ4n) is 2.74. The number of thiophene rings is 1.